The van der Waals surface area contributed by atoms with Gasteiger partial charge in [-0.2, -0.15) is 0 Å². The Morgan fingerprint density at radius 2 is 2.21 bits per heavy atom. The standard InChI is InChI=1S/C13H16FN3OS/c14-10-4-3-8(13(16)19)6-9(10)7-17-5-1-2-11(17)12(15)18/h3-4,6,11H,1-2,5,7H2,(H2,15,18)(H2,16,19). The van der Waals surface area contributed by atoms with Gasteiger partial charge in [0.2, 0.25) is 5.91 Å². The van der Waals surface area contributed by atoms with Gasteiger partial charge in [-0.15, -0.1) is 0 Å². The smallest absolute Gasteiger partial charge is 0.234 e. The Labute approximate surface area is 116 Å². The Hall–Kier alpha value is -1.53. The van der Waals surface area contributed by atoms with Gasteiger partial charge in [0, 0.05) is 17.7 Å². The van der Waals surface area contributed by atoms with Gasteiger partial charge in [-0.05, 0) is 37.6 Å². The van der Waals surface area contributed by atoms with Crippen molar-refractivity contribution in [1.82, 2.24) is 4.90 Å². The van der Waals surface area contributed by atoms with E-state index in [4.69, 9.17) is 23.7 Å². The number of primary amides is 1. The summed E-state index contributed by atoms with van der Waals surface area (Å²) in [6.07, 6.45) is 1.62. The summed E-state index contributed by atoms with van der Waals surface area (Å²) >= 11 is 4.88. The lowest BCUT2D eigenvalue weighted by Crippen LogP contribution is -2.39. The van der Waals surface area contributed by atoms with E-state index in [9.17, 15) is 9.18 Å². The van der Waals surface area contributed by atoms with Crippen LogP contribution in [0.4, 0.5) is 4.39 Å². The van der Waals surface area contributed by atoms with Gasteiger partial charge in [0.1, 0.15) is 10.8 Å². The fourth-order valence-corrected chi connectivity index (χ4v) is 2.53. The Bertz CT molecular complexity index is 521. The van der Waals surface area contributed by atoms with Gasteiger partial charge in [-0.1, -0.05) is 12.2 Å². The van der Waals surface area contributed by atoms with Crippen LogP contribution in [-0.2, 0) is 11.3 Å². The van der Waals surface area contributed by atoms with Crippen molar-refractivity contribution in [2.45, 2.75) is 25.4 Å². The Kier molecular flexibility index (Phi) is 4.11. The van der Waals surface area contributed by atoms with Gasteiger partial charge in [-0.3, -0.25) is 9.69 Å². The fourth-order valence-electron chi connectivity index (χ4n) is 2.41. The summed E-state index contributed by atoms with van der Waals surface area (Å²) < 4.78 is 13.8. The van der Waals surface area contributed by atoms with E-state index in [-0.39, 0.29) is 22.8 Å². The number of halogens is 1. The Morgan fingerprint density at radius 3 is 2.84 bits per heavy atom. The molecule has 0 saturated carbocycles. The fraction of sp³-hybridized carbons (Fsp3) is 0.385. The number of carbonyl (C=O) groups is 1. The zero-order valence-electron chi connectivity index (χ0n) is 10.4. The maximum atomic E-state index is 13.8. The lowest BCUT2D eigenvalue weighted by Gasteiger charge is -2.22. The number of rotatable bonds is 4. The minimum Gasteiger partial charge on any atom is -0.389 e. The molecule has 6 heteroatoms. The Morgan fingerprint density at radius 1 is 1.47 bits per heavy atom. The van der Waals surface area contributed by atoms with E-state index in [1.807, 2.05) is 4.90 Å². The van der Waals surface area contributed by atoms with Crippen LogP contribution < -0.4 is 11.5 Å². The summed E-state index contributed by atoms with van der Waals surface area (Å²) in [6.45, 7) is 1.08. The predicted molar refractivity (Wildman–Crippen MR) is 74.9 cm³/mol. The van der Waals surface area contributed by atoms with E-state index in [2.05, 4.69) is 0 Å². The third-order valence-corrected chi connectivity index (χ3v) is 3.63. The maximum absolute atomic E-state index is 13.8. The first-order valence-electron chi connectivity index (χ1n) is 6.10. The van der Waals surface area contributed by atoms with Gasteiger partial charge < -0.3 is 11.5 Å². The number of nitrogens with two attached hydrogens (primary N) is 2. The third kappa shape index (κ3) is 3.08. The first-order valence-corrected chi connectivity index (χ1v) is 6.51. The van der Waals surface area contributed by atoms with Crippen molar-refractivity contribution in [3.63, 3.8) is 0 Å². The Balaban J connectivity index is 2.20. The summed E-state index contributed by atoms with van der Waals surface area (Å²) in [5.74, 6) is -0.682. The van der Waals surface area contributed by atoms with Gasteiger partial charge in [0.15, 0.2) is 0 Å². The summed E-state index contributed by atoms with van der Waals surface area (Å²) in [5, 5.41) is 0. The van der Waals surface area contributed by atoms with E-state index in [1.54, 1.807) is 12.1 Å². The van der Waals surface area contributed by atoms with Crippen molar-refractivity contribution in [3.8, 4) is 0 Å². The second-order valence-corrected chi connectivity index (χ2v) is 5.14. The molecular formula is C13H16FN3OS. The molecule has 1 fully saturated rings. The number of carbonyl (C=O) groups excluding carboxylic acids is 1. The van der Waals surface area contributed by atoms with Gasteiger partial charge in [0.25, 0.3) is 0 Å². The van der Waals surface area contributed by atoms with Crippen LogP contribution >= 0.6 is 12.2 Å². The molecule has 4 nitrogen and oxygen atoms in total. The molecule has 1 aromatic carbocycles. The molecule has 1 atom stereocenters. The summed E-state index contributed by atoms with van der Waals surface area (Å²) in [4.78, 5) is 13.4. The zero-order valence-corrected chi connectivity index (χ0v) is 11.3. The van der Waals surface area contributed by atoms with Crippen LogP contribution in [-0.4, -0.2) is 28.4 Å². The number of thiocarbonyl (C=S) groups is 1. The van der Waals surface area contributed by atoms with Gasteiger partial charge in [-0.25, -0.2) is 4.39 Å². The predicted octanol–water partition coefficient (Wildman–Crippen LogP) is 0.910. The molecule has 0 spiro atoms. The molecule has 0 bridgehead atoms. The van der Waals surface area contributed by atoms with E-state index in [1.165, 1.54) is 6.07 Å². The molecule has 1 amide bonds. The van der Waals surface area contributed by atoms with Crippen LogP contribution in [0.25, 0.3) is 0 Å². The third-order valence-electron chi connectivity index (χ3n) is 3.40. The highest BCUT2D eigenvalue weighted by Gasteiger charge is 2.29. The lowest BCUT2D eigenvalue weighted by molar-refractivity contribution is -0.122. The number of amides is 1. The highest BCUT2D eigenvalue weighted by Crippen LogP contribution is 2.21. The highest BCUT2D eigenvalue weighted by molar-refractivity contribution is 7.80. The first-order chi connectivity index (χ1) is 8.99. The average Bonchev–Trinajstić information content (AvgIpc) is 2.80. The van der Waals surface area contributed by atoms with E-state index in [0.29, 0.717) is 17.7 Å². The van der Waals surface area contributed by atoms with E-state index in [0.717, 1.165) is 19.4 Å². The van der Waals surface area contributed by atoms with Crippen molar-refractivity contribution in [3.05, 3.63) is 35.1 Å². The maximum Gasteiger partial charge on any atom is 0.234 e. The van der Waals surface area contributed by atoms with Crippen LogP contribution in [0.5, 0.6) is 0 Å². The molecule has 0 aromatic heterocycles. The average molecular weight is 281 g/mol. The second kappa shape index (κ2) is 5.63. The molecule has 1 saturated heterocycles. The molecule has 19 heavy (non-hydrogen) atoms. The molecule has 0 aliphatic carbocycles. The molecule has 0 radical (unpaired) electrons. The lowest BCUT2D eigenvalue weighted by atomic mass is 10.1. The monoisotopic (exact) mass is 281 g/mol. The molecule has 1 heterocycles. The number of hydrogen-bond acceptors (Lipinski definition) is 3. The van der Waals surface area contributed by atoms with Gasteiger partial charge >= 0.3 is 0 Å². The minimum atomic E-state index is -0.358. The van der Waals surface area contributed by atoms with Crippen LogP contribution in [0.2, 0.25) is 0 Å². The molecule has 1 unspecified atom stereocenters. The van der Waals surface area contributed by atoms with Gasteiger partial charge in [0.05, 0.1) is 6.04 Å². The van der Waals surface area contributed by atoms with Crippen LogP contribution in [0, 0.1) is 5.82 Å². The van der Waals surface area contributed by atoms with E-state index >= 15 is 0 Å². The van der Waals surface area contributed by atoms with Crippen molar-refractivity contribution < 1.29 is 9.18 Å². The van der Waals surface area contributed by atoms with Crippen LogP contribution in [0.1, 0.15) is 24.0 Å². The van der Waals surface area contributed by atoms with Crippen molar-refractivity contribution in [2.24, 2.45) is 11.5 Å². The topological polar surface area (TPSA) is 72.4 Å². The van der Waals surface area contributed by atoms with Crippen molar-refractivity contribution >= 4 is 23.1 Å². The normalized spacial score (nSPS) is 19.5. The summed E-state index contributed by atoms with van der Waals surface area (Å²) in [7, 11) is 0. The first kappa shape index (κ1) is 13.9. The quantitative estimate of drug-likeness (QED) is 0.805. The molecule has 1 aliphatic rings. The number of hydrogen-bond donors (Lipinski definition) is 2. The van der Waals surface area contributed by atoms with Crippen LogP contribution in [0.3, 0.4) is 0 Å². The molecule has 1 aliphatic heterocycles. The summed E-state index contributed by atoms with van der Waals surface area (Å²) in [6, 6.07) is 4.22. The number of likely N-dealkylation sites (tertiary alicyclic amines) is 1. The van der Waals surface area contributed by atoms with E-state index < -0.39 is 0 Å². The number of benzene rings is 1. The number of nitrogens with zero attached hydrogens (tertiary/aromatic N) is 1. The SMILES string of the molecule is NC(=O)C1CCCN1Cc1cc(C(N)=S)ccc1F. The van der Waals surface area contributed by atoms with Crippen molar-refractivity contribution in [1.29, 1.82) is 0 Å². The largest absolute Gasteiger partial charge is 0.389 e. The minimum absolute atomic E-state index is 0.231. The zero-order chi connectivity index (χ0) is 14.0. The second-order valence-electron chi connectivity index (χ2n) is 4.70. The molecule has 102 valence electrons. The van der Waals surface area contributed by atoms with Crippen LogP contribution in [0.15, 0.2) is 18.2 Å². The molecule has 2 rings (SSSR count). The molecule has 1 aromatic rings. The summed E-state index contributed by atoms with van der Waals surface area (Å²) in [5.41, 5.74) is 12.0. The molecule has 4 N–H and O–H groups in total. The highest BCUT2D eigenvalue weighted by atomic mass is 32.1. The van der Waals surface area contributed by atoms with Crippen molar-refractivity contribution in [2.75, 3.05) is 6.54 Å². The molecular weight excluding hydrogens is 265 g/mol.